The molecule has 0 amide bonds. The molecular weight excluding hydrogens is 158 g/mol. The molecule has 0 bridgehead atoms. The van der Waals surface area contributed by atoms with Crippen LogP contribution < -0.4 is 0 Å². The predicted octanol–water partition coefficient (Wildman–Crippen LogP) is 2.84. The molecule has 0 N–H and O–H groups in total. The van der Waals surface area contributed by atoms with Crippen LogP contribution in [0.4, 0.5) is 0 Å². The maximum Gasteiger partial charge on any atom is 0.0479 e. The lowest BCUT2D eigenvalue weighted by Gasteiger charge is -2.10. The Morgan fingerprint density at radius 2 is 2.08 bits per heavy atom. The van der Waals surface area contributed by atoms with Gasteiger partial charge in [-0.3, -0.25) is 4.90 Å². The van der Waals surface area contributed by atoms with Crippen LogP contribution in [-0.2, 0) is 0 Å². The Labute approximate surface area is 80.4 Å². The summed E-state index contributed by atoms with van der Waals surface area (Å²) in [7, 11) is 0. The van der Waals surface area contributed by atoms with Gasteiger partial charge in [0, 0.05) is 18.6 Å². The first-order chi connectivity index (χ1) is 6.33. The van der Waals surface area contributed by atoms with Gasteiger partial charge >= 0.3 is 0 Å². The highest BCUT2D eigenvalue weighted by molar-refractivity contribution is 5.24. The number of hydrogen-bond donors (Lipinski definition) is 0. The first kappa shape index (κ1) is 8.76. The van der Waals surface area contributed by atoms with Gasteiger partial charge in [0.2, 0.25) is 0 Å². The van der Waals surface area contributed by atoms with Crippen molar-refractivity contribution in [2.24, 2.45) is 0 Å². The molecule has 0 spiro atoms. The van der Waals surface area contributed by atoms with Crippen molar-refractivity contribution in [2.75, 3.05) is 6.54 Å². The summed E-state index contributed by atoms with van der Waals surface area (Å²) >= 11 is 0. The van der Waals surface area contributed by atoms with Crippen molar-refractivity contribution >= 4 is 0 Å². The van der Waals surface area contributed by atoms with Gasteiger partial charge in [-0.1, -0.05) is 37.3 Å². The van der Waals surface area contributed by atoms with E-state index in [0.717, 1.165) is 6.04 Å². The number of nitrogens with zero attached hydrogens (tertiary/aromatic N) is 1. The molecule has 70 valence electrons. The first-order valence-corrected chi connectivity index (χ1v) is 5.13. The van der Waals surface area contributed by atoms with Crippen molar-refractivity contribution < 1.29 is 0 Å². The van der Waals surface area contributed by atoms with E-state index in [-0.39, 0.29) is 0 Å². The predicted molar refractivity (Wildman–Crippen MR) is 55.6 cm³/mol. The molecule has 1 heteroatoms. The Balaban J connectivity index is 2.00. The van der Waals surface area contributed by atoms with Crippen molar-refractivity contribution in [3.63, 3.8) is 0 Å². The van der Waals surface area contributed by atoms with E-state index in [4.69, 9.17) is 0 Å². The Kier molecular flexibility index (Phi) is 2.36. The second-order valence-electron chi connectivity index (χ2n) is 3.88. The molecule has 1 saturated heterocycles. The van der Waals surface area contributed by atoms with E-state index < -0.39 is 0 Å². The fourth-order valence-corrected chi connectivity index (χ4v) is 1.85. The molecule has 0 aromatic heterocycles. The lowest BCUT2D eigenvalue weighted by Crippen LogP contribution is -2.12. The molecule has 13 heavy (non-hydrogen) atoms. The minimum atomic E-state index is 0.705. The van der Waals surface area contributed by atoms with E-state index in [1.807, 2.05) is 0 Å². The molecule has 1 aliphatic heterocycles. The van der Waals surface area contributed by atoms with Crippen LogP contribution in [0.2, 0.25) is 0 Å². The standard InChI is InChI=1S/C12H17N/c1-3-10(2)13-9-12(13)11-7-5-4-6-8-11/h4-8,10,12H,3,9H2,1-2H3/t10?,12-,13?/m0/s1. The van der Waals surface area contributed by atoms with Crippen LogP contribution in [0.1, 0.15) is 31.9 Å². The van der Waals surface area contributed by atoms with Gasteiger partial charge in [0.25, 0.3) is 0 Å². The van der Waals surface area contributed by atoms with Crippen LogP contribution in [0.5, 0.6) is 0 Å². The van der Waals surface area contributed by atoms with E-state index in [9.17, 15) is 0 Å². The molecule has 1 aromatic rings. The van der Waals surface area contributed by atoms with Gasteiger partial charge in [-0.05, 0) is 18.9 Å². The Hall–Kier alpha value is -0.820. The normalized spacial score (nSPS) is 28.5. The fourth-order valence-electron chi connectivity index (χ4n) is 1.85. The van der Waals surface area contributed by atoms with Crippen molar-refractivity contribution in [1.29, 1.82) is 0 Å². The quantitative estimate of drug-likeness (QED) is 0.638. The highest BCUT2D eigenvalue weighted by Crippen LogP contribution is 2.37. The van der Waals surface area contributed by atoms with Crippen molar-refractivity contribution in [2.45, 2.75) is 32.4 Å². The van der Waals surface area contributed by atoms with Crippen LogP contribution in [0.25, 0.3) is 0 Å². The topological polar surface area (TPSA) is 3.01 Å². The SMILES string of the molecule is CCC(C)N1C[C@H]1c1ccccc1. The third-order valence-electron chi connectivity index (χ3n) is 2.99. The van der Waals surface area contributed by atoms with E-state index in [0.29, 0.717) is 6.04 Å². The zero-order chi connectivity index (χ0) is 9.26. The lowest BCUT2D eigenvalue weighted by molar-refractivity contribution is 0.387. The summed E-state index contributed by atoms with van der Waals surface area (Å²) in [6.07, 6.45) is 1.25. The zero-order valence-electron chi connectivity index (χ0n) is 8.40. The summed E-state index contributed by atoms with van der Waals surface area (Å²) in [6, 6.07) is 12.2. The Bertz CT molecular complexity index is 268. The molecule has 2 rings (SSSR count). The molecule has 1 nitrogen and oxygen atoms in total. The molecule has 1 fully saturated rings. The number of benzene rings is 1. The second-order valence-corrected chi connectivity index (χ2v) is 3.88. The molecule has 3 atom stereocenters. The molecule has 0 radical (unpaired) electrons. The van der Waals surface area contributed by atoms with Crippen LogP contribution in [0, 0.1) is 0 Å². The van der Waals surface area contributed by atoms with Crippen LogP contribution in [0.3, 0.4) is 0 Å². The summed E-state index contributed by atoms with van der Waals surface area (Å²) in [6.45, 7) is 5.81. The molecule has 0 aliphatic carbocycles. The molecule has 1 aliphatic rings. The minimum absolute atomic E-state index is 0.705. The van der Waals surface area contributed by atoms with Crippen LogP contribution in [0.15, 0.2) is 30.3 Å². The van der Waals surface area contributed by atoms with Crippen LogP contribution >= 0.6 is 0 Å². The van der Waals surface area contributed by atoms with Gasteiger partial charge in [0.1, 0.15) is 0 Å². The van der Waals surface area contributed by atoms with Crippen molar-refractivity contribution in [3.05, 3.63) is 35.9 Å². The van der Waals surface area contributed by atoms with Gasteiger partial charge in [0.15, 0.2) is 0 Å². The molecule has 2 unspecified atom stereocenters. The minimum Gasteiger partial charge on any atom is -0.290 e. The van der Waals surface area contributed by atoms with Crippen molar-refractivity contribution in [1.82, 2.24) is 4.90 Å². The summed E-state index contributed by atoms with van der Waals surface area (Å²) in [5, 5.41) is 0. The molecule has 1 heterocycles. The van der Waals surface area contributed by atoms with E-state index >= 15 is 0 Å². The van der Waals surface area contributed by atoms with Gasteiger partial charge in [-0.15, -0.1) is 0 Å². The molecule has 1 aromatic carbocycles. The maximum atomic E-state index is 2.55. The highest BCUT2D eigenvalue weighted by Gasteiger charge is 2.37. The summed E-state index contributed by atoms with van der Waals surface area (Å²) in [4.78, 5) is 2.55. The summed E-state index contributed by atoms with van der Waals surface area (Å²) in [5.74, 6) is 0. The first-order valence-electron chi connectivity index (χ1n) is 5.13. The summed E-state index contributed by atoms with van der Waals surface area (Å²) in [5.41, 5.74) is 1.47. The van der Waals surface area contributed by atoms with E-state index in [1.165, 1.54) is 18.5 Å². The van der Waals surface area contributed by atoms with E-state index in [1.54, 1.807) is 0 Å². The van der Waals surface area contributed by atoms with Crippen molar-refractivity contribution in [3.8, 4) is 0 Å². The van der Waals surface area contributed by atoms with Gasteiger partial charge in [0.05, 0.1) is 0 Å². The third-order valence-corrected chi connectivity index (χ3v) is 2.99. The third kappa shape index (κ3) is 1.75. The molecular formula is C12H17N. The summed E-state index contributed by atoms with van der Waals surface area (Å²) < 4.78 is 0. The maximum absolute atomic E-state index is 2.55. The smallest absolute Gasteiger partial charge is 0.0479 e. The zero-order valence-corrected chi connectivity index (χ0v) is 8.40. The van der Waals surface area contributed by atoms with Gasteiger partial charge in [-0.2, -0.15) is 0 Å². The van der Waals surface area contributed by atoms with E-state index in [2.05, 4.69) is 49.1 Å². The number of hydrogen-bond acceptors (Lipinski definition) is 1. The van der Waals surface area contributed by atoms with Crippen LogP contribution in [-0.4, -0.2) is 17.5 Å². The number of rotatable bonds is 3. The Morgan fingerprint density at radius 3 is 2.69 bits per heavy atom. The monoisotopic (exact) mass is 175 g/mol. The highest BCUT2D eigenvalue weighted by atomic mass is 15.3. The Morgan fingerprint density at radius 1 is 1.38 bits per heavy atom. The molecule has 0 saturated carbocycles. The fraction of sp³-hybridized carbons (Fsp3) is 0.500. The second kappa shape index (κ2) is 3.51. The van der Waals surface area contributed by atoms with Gasteiger partial charge < -0.3 is 0 Å². The average Bonchev–Trinajstić information content (AvgIpc) is 2.98. The van der Waals surface area contributed by atoms with Gasteiger partial charge in [-0.25, -0.2) is 0 Å². The lowest BCUT2D eigenvalue weighted by atomic mass is 10.1. The largest absolute Gasteiger partial charge is 0.290 e. The average molecular weight is 175 g/mol.